The van der Waals surface area contributed by atoms with Gasteiger partial charge >= 0.3 is 0 Å². The molecule has 0 saturated carbocycles. The fourth-order valence-electron chi connectivity index (χ4n) is 2.68. The van der Waals surface area contributed by atoms with Gasteiger partial charge in [0, 0.05) is 18.8 Å². The summed E-state index contributed by atoms with van der Waals surface area (Å²) in [5.41, 5.74) is 1.77. The molecule has 0 bridgehead atoms. The zero-order valence-corrected chi connectivity index (χ0v) is 12.5. The van der Waals surface area contributed by atoms with Crippen LogP contribution in [0.5, 0.6) is 5.75 Å². The van der Waals surface area contributed by atoms with Gasteiger partial charge in [0.2, 0.25) is 0 Å². The number of aromatic nitrogens is 1. The molecule has 1 aliphatic rings. The number of hydrogen-bond acceptors (Lipinski definition) is 4. The summed E-state index contributed by atoms with van der Waals surface area (Å²) >= 11 is 0. The lowest BCUT2D eigenvalue weighted by Gasteiger charge is -2.32. The Kier molecular flexibility index (Phi) is 6.55. The topological polar surface area (TPSA) is 48.4 Å². The number of pyridine rings is 1. The summed E-state index contributed by atoms with van der Waals surface area (Å²) in [5.74, 6) is 1.03. The van der Waals surface area contributed by atoms with Gasteiger partial charge in [0.1, 0.15) is 5.75 Å². The average molecular weight is 286 g/mol. The quantitative estimate of drug-likeness (QED) is 0.888. The molecule has 1 unspecified atom stereocenters. The lowest BCUT2D eigenvalue weighted by molar-refractivity contribution is 0.163. The summed E-state index contributed by atoms with van der Waals surface area (Å²) in [7, 11) is 2.01. The molecule has 2 rings (SSSR count). The van der Waals surface area contributed by atoms with E-state index in [1.54, 1.807) is 6.07 Å². The van der Waals surface area contributed by atoms with Crippen LogP contribution < -0.4 is 5.32 Å². The maximum absolute atomic E-state index is 9.83. The highest BCUT2D eigenvalue weighted by Gasteiger charge is 2.20. The lowest BCUT2D eigenvalue weighted by Crippen LogP contribution is -2.38. The van der Waals surface area contributed by atoms with Crippen LogP contribution in [0.3, 0.4) is 0 Å². The van der Waals surface area contributed by atoms with Crippen molar-refractivity contribution in [3.63, 3.8) is 0 Å². The van der Waals surface area contributed by atoms with Gasteiger partial charge in [-0.3, -0.25) is 9.88 Å². The van der Waals surface area contributed by atoms with Crippen LogP contribution in [0.4, 0.5) is 0 Å². The molecule has 1 aromatic heterocycles. The van der Waals surface area contributed by atoms with Crippen LogP contribution in [0, 0.1) is 12.8 Å². The van der Waals surface area contributed by atoms with Crippen LogP contribution in [-0.2, 0) is 6.54 Å². The molecule has 108 valence electrons. The minimum atomic E-state index is 0. The van der Waals surface area contributed by atoms with E-state index in [0.29, 0.717) is 5.75 Å². The van der Waals surface area contributed by atoms with E-state index in [0.717, 1.165) is 43.5 Å². The third kappa shape index (κ3) is 4.64. The second-order valence-electron chi connectivity index (χ2n) is 5.22. The zero-order valence-electron chi connectivity index (χ0n) is 11.7. The minimum Gasteiger partial charge on any atom is -0.506 e. The molecule has 19 heavy (non-hydrogen) atoms. The van der Waals surface area contributed by atoms with E-state index in [2.05, 4.69) is 15.2 Å². The fourth-order valence-corrected chi connectivity index (χ4v) is 2.68. The van der Waals surface area contributed by atoms with E-state index in [-0.39, 0.29) is 12.4 Å². The summed E-state index contributed by atoms with van der Waals surface area (Å²) in [6.45, 7) is 5.99. The molecule has 2 heterocycles. The van der Waals surface area contributed by atoms with Crippen LogP contribution in [0.15, 0.2) is 12.1 Å². The third-order valence-corrected chi connectivity index (χ3v) is 3.56. The third-order valence-electron chi connectivity index (χ3n) is 3.56. The predicted octanol–water partition coefficient (Wildman–Crippen LogP) is 1.95. The zero-order chi connectivity index (χ0) is 13.0. The van der Waals surface area contributed by atoms with Gasteiger partial charge in [0.15, 0.2) is 0 Å². The molecule has 0 radical (unpaired) electrons. The molecule has 1 saturated heterocycles. The molecule has 5 heteroatoms. The van der Waals surface area contributed by atoms with Crippen molar-refractivity contribution >= 4 is 12.4 Å². The molecule has 1 aromatic rings. The smallest absolute Gasteiger partial charge is 0.138 e. The minimum absolute atomic E-state index is 0. The van der Waals surface area contributed by atoms with Crippen molar-refractivity contribution in [2.75, 3.05) is 26.7 Å². The Bertz CT molecular complexity index is 398. The highest BCUT2D eigenvalue weighted by Crippen LogP contribution is 2.21. The van der Waals surface area contributed by atoms with E-state index in [4.69, 9.17) is 0 Å². The van der Waals surface area contributed by atoms with Crippen molar-refractivity contribution in [1.82, 2.24) is 15.2 Å². The summed E-state index contributed by atoms with van der Waals surface area (Å²) in [6, 6.07) is 3.59. The predicted molar refractivity (Wildman–Crippen MR) is 79.8 cm³/mol. The van der Waals surface area contributed by atoms with Crippen molar-refractivity contribution < 1.29 is 5.11 Å². The van der Waals surface area contributed by atoms with Crippen LogP contribution in [0.1, 0.15) is 24.2 Å². The Morgan fingerprint density at radius 2 is 2.26 bits per heavy atom. The van der Waals surface area contributed by atoms with Gasteiger partial charge in [-0.25, -0.2) is 0 Å². The van der Waals surface area contributed by atoms with Gasteiger partial charge in [0.25, 0.3) is 0 Å². The maximum Gasteiger partial charge on any atom is 0.138 e. The van der Waals surface area contributed by atoms with Crippen LogP contribution in [-0.4, -0.2) is 41.7 Å². The maximum atomic E-state index is 9.83. The molecular weight excluding hydrogens is 262 g/mol. The number of hydrogen-bond donors (Lipinski definition) is 2. The average Bonchev–Trinajstić information content (AvgIpc) is 2.35. The molecule has 2 N–H and O–H groups in total. The van der Waals surface area contributed by atoms with E-state index >= 15 is 0 Å². The number of likely N-dealkylation sites (tertiary alicyclic amines) is 1. The summed E-state index contributed by atoms with van der Waals surface area (Å²) in [4.78, 5) is 6.83. The summed E-state index contributed by atoms with van der Waals surface area (Å²) in [6.07, 6.45) is 2.53. The van der Waals surface area contributed by atoms with E-state index in [1.165, 1.54) is 12.8 Å². The molecule has 0 amide bonds. The summed E-state index contributed by atoms with van der Waals surface area (Å²) in [5, 5.41) is 13.1. The van der Waals surface area contributed by atoms with Gasteiger partial charge in [-0.1, -0.05) is 0 Å². The largest absolute Gasteiger partial charge is 0.506 e. The monoisotopic (exact) mass is 285 g/mol. The van der Waals surface area contributed by atoms with Gasteiger partial charge in [-0.15, -0.1) is 12.4 Å². The van der Waals surface area contributed by atoms with Gasteiger partial charge in [-0.05, 0) is 58.0 Å². The first-order chi connectivity index (χ1) is 8.69. The normalized spacial score (nSPS) is 20.0. The van der Waals surface area contributed by atoms with Crippen molar-refractivity contribution in [1.29, 1.82) is 0 Å². The molecule has 4 nitrogen and oxygen atoms in total. The first-order valence-corrected chi connectivity index (χ1v) is 6.71. The number of nitrogens with zero attached hydrogens (tertiary/aromatic N) is 2. The molecule has 1 fully saturated rings. The van der Waals surface area contributed by atoms with Crippen molar-refractivity contribution in [2.45, 2.75) is 26.3 Å². The highest BCUT2D eigenvalue weighted by molar-refractivity contribution is 5.85. The number of aromatic hydroxyl groups is 1. The Morgan fingerprint density at radius 3 is 3.00 bits per heavy atom. The first kappa shape index (κ1) is 16.2. The van der Waals surface area contributed by atoms with Gasteiger partial charge in [0.05, 0.1) is 5.69 Å². The van der Waals surface area contributed by atoms with E-state index < -0.39 is 0 Å². The highest BCUT2D eigenvalue weighted by atomic mass is 35.5. The Hall–Kier alpha value is -0.840. The molecule has 0 aromatic carbocycles. The van der Waals surface area contributed by atoms with Crippen LogP contribution >= 0.6 is 12.4 Å². The lowest BCUT2D eigenvalue weighted by atomic mass is 9.98. The first-order valence-electron chi connectivity index (χ1n) is 6.71. The Labute approximate surface area is 121 Å². The molecule has 0 spiro atoms. The van der Waals surface area contributed by atoms with Crippen molar-refractivity contribution in [3.8, 4) is 5.75 Å². The number of aryl methyl sites for hydroxylation is 1. The van der Waals surface area contributed by atoms with E-state index in [1.807, 2.05) is 20.0 Å². The molecular formula is C14H24ClN3O. The van der Waals surface area contributed by atoms with Crippen LogP contribution in [0.2, 0.25) is 0 Å². The van der Waals surface area contributed by atoms with E-state index in [9.17, 15) is 5.11 Å². The Morgan fingerprint density at radius 1 is 1.47 bits per heavy atom. The van der Waals surface area contributed by atoms with Crippen molar-refractivity contribution in [3.05, 3.63) is 23.5 Å². The number of halogens is 1. The number of piperidine rings is 1. The standard InChI is InChI=1S/C14H23N3O.ClH/c1-11-5-6-14(18)13(16-11)10-17-7-3-4-12(9-17)8-15-2;/h5-6,12,15,18H,3-4,7-10H2,1-2H3;1H. The second-order valence-corrected chi connectivity index (χ2v) is 5.22. The summed E-state index contributed by atoms with van der Waals surface area (Å²) < 4.78 is 0. The number of nitrogens with one attached hydrogen (secondary N) is 1. The second kappa shape index (κ2) is 7.68. The van der Waals surface area contributed by atoms with Gasteiger partial charge in [-0.2, -0.15) is 0 Å². The number of rotatable bonds is 4. The SMILES string of the molecule is CNCC1CCCN(Cc2nc(C)ccc2O)C1.Cl. The van der Waals surface area contributed by atoms with Gasteiger partial charge < -0.3 is 10.4 Å². The molecule has 1 atom stereocenters. The fraction of sp³-hybridized carbons (Fsp3) is 0.643. The van der Waals surface area contributed by atoms with Crippen LogP contribution in [0.25, 0.3) is 0 Å². The van der Waals surface area contributed by atoms with Crippen molar-refractivity contribution in [2.24, 2.45) is 5.92 Å². The molecule has 1 aliphatic heterocycles. The Balaban J connectivity index is 0.00000180. The molecule has 0 aliphatic carbocycles.